The number of anilines is 2. The first-order valence-electron chi connectivity index (χ1n) is 10.1. The lowest BCUT2D eigenvalue weighted by molar-refractivity contribution is -0.113. The summed E-state index contributed by atoms with van der Waals surface area (Å²) in [5.74, 6) is -0.321. The molecule has 166 valence electrons. The lowest BCUT2D eigenvalue weighted by atomic mass is 10.1. The molecule has 4 rings (SSSR count). The molecular formula is C22H22FN5O3S. The highest BCUT2D eigenvalue weighted by Gasteiger charge is 2.24. The largest absolute Gasteiger partial charge is 0.416 e. The van der Waals surface area contributed by atoms with Crippen molar-refractivity contribution in [1.29, 1.82) is 0 Å². The molecule has 1 saturated heterocycles. The molecule has 8 nitrogen and oxygen atoms in total. The Morgan fingerprint density at radius 1 is 1.06 bits per heavy atom. The summed E-state index contributed by atoms with van der Waals surface area (Å²) in [6, 6.07) is 13.6. The first-order valence-corrected chi connectivity index (χ1v) is 11.1. The third kappa shape index (κ3) is 5.25. The SMILES string of the molecule is Cc1nnc(SCC(=O)Nc2ccc(N3CCN(C(=O)c4ccccc4F)CC3)cc2)o1. The van der Waals surface area contributed by atoms with Gasteiger partial charge in [0.25, 0.3) is 11.1 Å². The van der Waals surface area contributed by atoms with E-state index in [1.54, 1.807) is 24.0 Å². The van der Waals surface area contributed by atoms with E-state index in [2.05, 4.69) is 20.4 Å². The van der Waals surface area contributed by atoms with Gasteiger partial charge in [-0.05, 0) is 36.4 Å². The van der Waals surface area contributed by atoms with Gasteiger partial charge in [-0.1, -0.05) is 23.9 Å². The molecule has 0 saturated carbocycles. The van der Waals surface area contributed by atoms with E-state index in [0.717, 1.165) is 5.69 Å². The van der Waals surface area contributed by atoms with Crippen molar-refractivity contribution in [3.8, 4) is 0 Å². The Kier molecular flexibility index (Phi) is 6.69. The number of amides is 2. The number of nitrogens with zero attached hydrogens (tertiary/aromatic N) is 4. The molecule has 10 heteroatoms. The number of rotatable bonds is 6. The van der Waals surface area contributed by atoms with Crippen LogP contribution in [0.4, 0.5) is 15.8 Å². The maximum absolute atomic E-state index is 13.9. The van der Waals surface area contributed by atoms with E-state index >= 15 is 0 Å². The van der Waals surface area contributed by atoms with E-state index in [4.69, 9.17) is 4.42 Å². The van der Waals surface area contributed by atoms with E-state index in [-0.39, 0.29) is 23.1 Å². The van der Waals surface area contributed by atoms with Gasteiger partial charge in [0.1, 0.15) is 5.82 Å². The van der Waals surface area contributed by atoms with Crippen molar-refractivity contribution in [2.75, 3.05) is 42.1 Å². The van der Waals surface area contributed by atoms with Crippen LogP contribution in [-0.4, -0.2) is 58.8 Å². The molecule has 1 N–H and O–H groups in total. The molecule has 3 aromatic rings. The number of hydrogen-bond donors (Lipinski definition) is 1. The fourth-order valence-electron chi connectivity index (χ4n) is 3.39. The zero-order chi connectivity index (χ0) is 22.5. The van der Waals surface area contributed by atoms with Gasteiger partial charge in [0.2, 0.25) is 11.8 Å². The molecule has 0 aliphatic carbocycles. The number of aryl methyl sites for hydroxylation is 1. The summed E-state index contributed by atoms with van der Waals surface area (Å²) in [5, 5.41) is 10.8. The monoisotopic (exact) mass is 455 g/mol. The smallest absolute Gasteiger partial charge is 0.277 e. The van der Waals surface area contributed by atoms with Crippen molar-refractivity contribution in [3.05, 3.63) is 65.8 Å². The van der Waals surface area contributed by atoms with Crippen LogP contribution in [0, 0.1) is 12.7 Å². The lowest BCUT2D eigenvalue weighted by Crippen LogP contribution is -2.49. The Morgan fingerprint density at radius 3 is 2.44 bits per heavy atom. The molecule has 0 bridgehead atoms. The van der Waals surface area contributed by atoms with Crippen LogP contribution in [0.5, 0.6) is 0 Å². The van der Waals surface area contributed by atoms with Crippen LogP contribution in [0.2, 0.25) is 0 Å². The zero-order valence-corrected chi connectivity index (χ0v) is 18.3. The fraction of sp³-hybridized carbons (Fsp3) is 0.273. The number of hydrogen-bond acceptors (Lipinski definition) is 7. The molecule has 32 heavy (non-hydrogen) atoms. The minimum atomic E-state index is -0.497. The standard InChI is InChI=1S/C22H22FN5O3S/c1-15-25-26-22(31-15)32-14-20(29)24-16-6-8-17(9-7-16)27-10-12-28(13-11-27)21(30)18-4-2-3-5-19(18)23/h2-9H,10-14H2,1H3,(H,24,29). The first kappa shape index (κ1) is 21.8. The second kappa shape index (κ2) is 9.82. The molecule has 1 aliphatic rings. The molecule has 2 aromatic carbocycles. The van der Waals surface area contributed by atoms with Crippen LogP contribution in [-0.2, 0) is 4.79 Å². The Labute approximate surface area is 188 Å². The average molecular weight is 456 g/mol. The van der Waals surface area contributed by atoms with E-state index in [0.29, 0.717) is 43.0 Å². The maximum Gasteiger partial charge on any atom is 0.277 e. The highest BCUT2D eigenvalue weighted by Crippen LogP contribution is 2.21. The van der Waals surface area contributed by atoms with Crippen molar-refractivity contribution in [3.63, 3.8) is 0 Å². The highest BCUT2D eigenvalue weighted by molar-refractivity contribution is 7.99. The molecule has 1 aliphatic heterocycles. The average Bonchev–Trinajstić information content (AvgIpc) is 3.23. The molecule has 2 heterocycles. The predicted molar refractivity (Wildman–Crippen MR) is 119 cm³/mol. The van der Waals surface area contributed by atoms with Crippen LogP contribution >= 0.6 is 11.8 Å². The number of carbonyl (C=O) groups is 2. The first-order chi connectivity index (χ1) is 15.5. The molecule has 1 aromatic heterocycles. The van der Waals surface area contributed by atoms with Gasteiger partial charge in [-0.2, -0.15) is 0 Å². The molecule has 0 radical (unpaired) electrons. The summed E-state index contributed by atoms with van der Waals surface area (Å²) in [4.78, 5) is 28.5. The number of benzene rings is 2. The number of carbonyl (C=O) groups excluding carboxylic acids is 2. The van der Waals surface area contributed by atoms with Crippen LogP contribution in [0.1, 0.15) is 16.2 Å². The van der Waals surface area contributed by atoms with Crippen molar-refractivity contribution in [2.24, 2.45) is 0 Å². The van der Waals surface area contributed by atoms with Crippen molar-refractivity contribution >= 4 is 35.0 Å². The topological polar surface area (TPSA) is 91.6 Å². The Hall–Kier alpha value is -3.40. The number of thioether (sulfide) groups is 1. The van der Waals surface area contributed by atoms with E-state index in [9.17, 15) is 14.0 Å². The van der Waals surface area contributed by atoms with Gasteiger partial charge in [-0.3, -0.25) is 9.59 Å². The third-order valence-corrected chi connectivity index (χ3v) is 5.84. The minimum absolute atomic E-state index is 0.105. The van der Waals surface area contributed by atoms with Crippen LogP contribution in [0.25, 0.3) is 0 Å². The summed E-state index contributed by atoms with van der Waals surface area (Å²) in [7, 11) is 0. The van der Waals surface area contributed by atoms with Crippen LogP contribution in [0.15, 0.2) is 58.2 Å². The van der Waals surface area contributed by atoms with Gasteiger partial charge in [0, 0.05) is 44.5 Å². The van der Waals surface area contributed by atoms with Gasteiger partial charge in [-0.15, -0.1) is 10.2 Å². The van der Waals surface area contributed by atoms with Gasteiger partial charge in [-0.25, -0.2) is 4.39 Å². The number of nitrogens with one attached hydrogen (secondary N) is 1. The summed E-state index contributed by atoms with van der Waals surface area (Å²) in [6.07, 6.45) is 0. The highest BCUT2D eigenvalue weighted by atomic mass is 32.2. The summed E-state index contributed by atoms with van der Waals surface area (Å²) < 4.78 is 19.1. The normalized spacial score (nSPS) is 13.8. The van der Waals surface area contributed by atoms with Crippen molar-refractivity contribution in [2.45, 2.75) is 12.1 Å². The Bertz CT molecular complexity index is 1100. The van der Waals surface area contributed by atoms with Gasteiger partial charge in [0.15, 0.2) is 0 Å². The summed E-state index contributed by atoms with van der Waals surface area (Å²) in [6.45, 7) is 4.01. The lowest BCUT2D eigenvalue weighted by Gasteiger charge is -2.36. The predicted octanol–water partition coefficient (Wildman–Crippen LogP) is 3.21. The number of aromatic nitrogens is 2. The van der Waals surface area contributed by atoms with E-state index in [1.165, 1.54) is 23.9 Å². The number of halogens is 1. The maximum atomic E-state index is 13.9. The Balaban J connectivity index is 1.27. The second-order valence-corrected chi connectivity index (χ2v) is 8.16. The fourth-order valence-corrected chi connectivity index (χ4v) is 3.99. The third-order valence-electron chi connectivity index (χ3n) is 5.02. The Morgan fingerprint density at radius 2 is 1.78 bits per heavy atom. The van der Waals surface area contributed by atoms with E-state index < -0.39 is 5.82 Å². The van der Waals surface area contributed by atoms with Crippen LogP contribution < -0.4 is 10.2 Å². The van der Waals surface area contributed by atoms with Crippen molar-refractivity contribution < 1.29 is 18.4 Å². The zero-order valence-electron chi connectivity index (χ0n) is 17.5. The van der Waals surface area contributed by atoms with E-state index in [1.807, 2.05) is 24.3 Å². The van der Waals surface area contributed by atoms with Gasteiger partial charge < -0.3 is 19.5 Å². The molecule has 2 amide bonds. The van der Waals surface area contributed by atoms with Gasteiger partial charge in [0.05, 0.1) is 11.3 Å². The minimum Gasteiger partial charge on any atom is -0.416 e. The summed E-state index contributed by atoms with van der Waals surface area (Å²) >= 11 is 1.18. The second-order valence-electron chi connectivity index (χ2n) is 7.23. The molecule has 0 atom stereocenters. The molecular weight excluding hydrogens is 433 g/mol. The molecule has 1 fully saturated rings. The quantitative estimate of drug-likeness (QED) is 0.571. The number of piperazine rings is 1. The van der Waals surface area contributed by atoms with Gasteiger partial charge >= 0.3 is 0 Å². The van der Waals surface area contributed by atoms with Crippen LogP contribution in [0.3, 0.4) is 0 Å². The molecule has 0 unspecified atom stereocenters. The van der Waals surface area contributed by atoms with Crippen molar-refractivity contribution in [1.82, 2.24) is 15.1 Å². The summed E-state index contributed by atoms with van der Waals surface area (Å²) in [5.41, 5.74) is 1.79. The molecule has 0 spiro atoms.